The number of fused-ring (bicyclic) bond motifs is 1. The molecular formula is C10H12FN3. The van der Waals surface area contributed by atoms with Crippen LogP contribution in [-0.4, -0.2) is 9.97 Å². The first-order valence-corrected chi connectivity index (χ1v) is 4.50. The number of benzene rings is 1. The summed E-state index contributed by atoms with van der Waals surface area (Å²) in [5.74, 6) is 0.453. The Labute approximate surface area is 81.1 Å². The first-order chi connectivity index (χ1) is 6.59. The molecule has 0 spiro atoms. The smallest absolute Gasteiger partial charge is 0.128 e. The van der Waals surface area contributed by atoms with E-state index in [1.165, 1.54) is 6.07 Å². The number of hydrogen-bond donors (Lipinski definition) is 2. The van der Waals surface area contributed by atoms with Crippen LogP contribution in [0.3, 0.4) is 0 Å². The lowest BCUT2D eigenvalue weighted by molar-refractivity contribution is 0.620. The standard InChI is InChI=1S/C10H12FN3/c1-5-7(11)3-4-8-9(5)14-10(13-8)6(2)12/h3-4,6H,12H2,1-2H3,(H,13,14)/t6-/m0/s1. The highest BCUT2D eigenvalue weighted by molar-refractivity contribution is 5.78. The van der Waals surface area contributed by atoms with Gasteiger partial charge >= 0.3 is 0 Å². The van der Waals surface area contributed by atoms with Crippen molar-refractivity contribution in [2.75, 3.05) is 0 Å². The average molecular weight is 193 g/mol. The number of H-pyrrole nitrogens is 1. The van der Waals surface area contributed by atoms with Gasteiger partial charge in [-0.3, -0.25) is 0 Å². The van der Waals surface area contributed by atoms with Gasteiger partial charge in [0, 0.05) is 5.56 Å². The molecule has 0 saturated heterocycles. The van der Waals surface area contributed by atoms with Crippen LogP contribution in [0.5, 0.6) is 0 Å². The number of nitrogens with one attached hydrogen (secondary N) is 1. The number of aromatic nitrogens is 2. The van der Waals surface area contributed by atoms with Crippen molar-refractivity contribution in [3.8, 4) is 0 Å². The molecule has 0 bridgehead atoms. The van der Waals surface area contributed by atoms with Crippen molar-refractivity contribution in [3.05, 3.63) is 29.3 Å². The van der Waals surface area contributed by atoms with E-state index in [0.29, 0.717) is 16.9 Å². The number of aryl methyl sites for hydroxylation is 1. The molecule has 3 nitrogen and oxygen atoms in total. The van der Waals surface area contributed by atoms with Crippen LogP contribution in [0.15, 0.2) is 12.1 Å². The molecule has 0 unspecified atom stereocenters. The topological polar surface area (TPSA) is 54.7 Å². The summed E-state index contributed by atoms with van der Waals surface area (Å²) in [6.45, 7) is 3.55. The largest absolute Gasteiger partial charge is 0.341 e. The monoisotopic (exact) mass is 193 g/mol. The normalized spacial score (nSPS) is 13.4. The van der Waals surface area contributed by atoms with E-state index in [1.54, 1.807) is 13.0 Å². The number of rotatable bonds is 1. The summed E-state index contributed by atoms with van der Waals surface area (Å²) in [5.41, 5.74) is 7.73. The first kappa shape index (κ1) is 9.15. The fraction of sp³-hybridized carbons (Fsp3) is 0.300. The van der Waals surface area contributed by atoms with Gasteiger partial charge in [-0.25, -0.2) is 9.37 Å². The lowest BCUT2D eigenvalue weighted by Crippen LogP contribution is -2.06. The van der Waals surface area contributed by atoms with Crippen molar-refractivity contribution < 1.29 is 4.39 Å². The second-order valence-electron chi connectivity index (χ2n) is 3.48. The van der Waals surface area contributed by atoms with Crippen LogP contribution in [-0.2, 0) is 0 Å². The molecule has 1 aromatic heterocycles. The highest BCUT2D eigenvalue weighted by Gasteiger charge is 2.10. The summed E-state index contributed by atoms with van der Waals surface area (Å²) in [6, 6.07) is 2.95. The molecule has 0 amide bonds. The van der Waals surface area contributed by atoms with E-state index < -0.39 is 0 Å². The Morgan fingerprint density at radius 2 is 2.21 bits per heavy atom. The minimum atomic E-state index is -0.236. The van der Waals surface area contributed by atoms with Crippen LogP contribution < -0.4 is 5.73 Å². The molecule has 0 fully saturated rings. The second kappa shape index (κ2) is 3.06. The highest BCUT2D eigenvalue weighted by atomic mass is 19.1. The van der Waals surface area contributed by atoms with E-state index >= 15 is 0 Å². The number of aromatic amines is 1. The van der Waals surface area contributed by atoms with Crippen LogP contribution in [0.4, 0.5) is 4.39 Å². The zero-order valence-electron chi connectivity index (χ0n) is 8.13. The molecule has 1 atom stereocenters. The number of halogens is 1. The van der Waals surface area contributed by atoms with Gasteiger partial charge in [0.05, 0.1) is 17.1 Å². The van der Waals surface area contributed by atoms with Crippen molar-refractivity contribution in [2.45, 2.75) is 19.9 Å². The predicted octanol–water partition coefficient (Wildman–Crippen LogP) is 2.03. The SMILES string of the molecule is Cc1c(F)ccc2[nH]c([C@H](C)N)nc12. The Morgan fingerprint density at radius 3 is 2.86 bits per heavy atom. The Morgan fingerprint density at radius 1 is 1.50 bits per heavy atom. The van der Waals surface area contributed by atoms with E-state index in [1.807, 2.05) is 6.92 Å². The lowest BCUT2D eigenvalue weighted by atomic mass is 10.2. The Kier molecular flexibility index (Phi) is 2.00. The molecule has 1 aromatic carbocycles. The molecule has 2 rings (SSSR count). The fourth-order valence-corrected chi connectivity index (χ4v) is 1.42. The van der Waals surface area contributed by atoms with Crippen LogP contribution >= 0.6 is 0 Å². The van der Waals surface area contributed by atoms with Gasteiger partial charge in [-0.15, -0.1) is 0 Å². The van der Waals surface area contributed by atoms with Crippen LogP contribution in [0.1, 0.15) is 24.4 Å². The van der Waals surface area contributed by atoms with Crippen molar-refractivity contribution >= 4 is 11.0 Å². The molecule has 0 aliphatic rings. The maximum atomic E-state index is 13.2. The average Bonchev–Trinajstić information content (AvgIpc) is 2.56. The minimum absolute atomic E-state index is 0.162. The van der Waals surface area contributed by atoms with Gasteiger partial charge in [0.2, 0.25) is 0 Å². The van der Waals surface area contributed by atoms with Gasteiger partial charge in [0.15, 0.2) is 0 Å². The third kappa shape index (κ3) is 1.28. The van der Waals surface area contributed by atoms with Gasteiger partial charge in [-0.2, -0.15) is 0 Å². The predicted molar refractivity (Wildman–Crippen MR) is 53.4 cm³/mol. The first-order valence-electron chi connectivity index (χ1n) is 4.50. The van der Waals surface area contributed by atoms with E-state index in [9.17, 15) is 4.39 Å². The molecule has 74 valence electrons. The molecule has 2 aromatic rings. The quantitative estimate of drug-likeness (QED) is 0.728. The van der Waals surface area contributed by atoms with Crippen molar-refractivity contribution in [1.82, 2.24) is 9.97 Å². The van der Waals surface area contributed by atoms with Crippen LogP contribution in [0.25, 0.3) is 11.0 Å². The van der Waals surface area contributed by atoms with E-state index in [0.717, 1.165) is 5.52 Å². The highest BCUT2D eigenvalue weighted by Crippen LogP contribution is 2.20. The molecule has 4 heteroatoms. The molecule has 3 N–H and O–H groups in total. The van der Waals surface area contributed by atoms with Crippen molar-refractivity contribution in [3.63, 3.8) is 0 Å². The molecule has 1 heterocycles. The van der Waals surface area contributed by atoms with Crippen LogP contribution in [0, 0.1) is 12.7 Å². The molecule has 0 radical (unpaired) electrons. The summed E-state index contributed by atoms with van der Waals surface area (Å²) in [5, 5.41) is 0. The Balaban J connectivity index is 2.71. The molecule has 0 saturated carbocycles. The van der Waals surface area contributed by atoms with Gasteiger partial charge in [0.25, 0.3) is 0 Å². The van der Waals surface area contributed by atoms with Crippen LogP contribution in [0.2, 0.25) is 0 Å². The minimum Gasteiger partial charge on any atom is -0.341 e. The van der Waals surface area contributed by atoms with Crippen molar-refractivity contribution in [2.24, 2.45) is 5.73 Å². The van der Waals surface area contributed by atoms with E-state index in [-0.39, 0.29) is 11.9 Å². The molecular weight excluding hydrogens is 181 g/mol. The molecule has 14 heavy (non-hydrogen) atoms. The van der Waals surface area contributed by atoms with Gasteiger partial charge in [-0.1, -0.05) is 0 Å². The Bertz CT molecular complexity index is 473. The summed E-state index contributed by atoms with van der Waals surface area (Å²) >= 11 is 0. The maximum Gasteiger partial charge on any atom is 0.128 e. The third-order valence-corrected chi connectivity index (χ3v) is 2.29. The number of hydrogen-bond acceptors (Lipinski definition) is 2. The van der Waals surface area contributed by atoms with Gasteiger partial charge in [-0.05, 0) is 26.0 Å². The summed E-state index contributed by atoms with van der Waals surface area (Å²) in [7, 11) is 0. The van der Waals surface area contributed by atoms with Gasteiger partial charge < -0.3 is 10.7 Å². The number of imidazole rings is 1. The van der Waals surface area contributed by atoms with Gasteiger partial charge in [0.1, 0.15) is 11.6 Å². The third-order valence-electron chi connectivity index (χ3n) is 2.29. The molecule has 0 aliphatic heterocycles. The van der Waals surface area contributed by atoms with Crippen molar-refractivity contribution in [1.29, 1.82) is 0 Å². The summed E-state index contributed by atoms with van der Waals surface area (Å²) in [6.07, 6.45) is 0. The fourth-order valence-electron chi connectivity index (χ4n) is 1.42. The summed E-state index contributed by atoms with van der Waals surface area (Å²) < 4.78 is 13.2. The number of nitrogens with two attached hydrogens (primary N) is 1. The van der Waals surface area contributed by atoms with E-state index in [4.69, 9.17) is 5.73 Å². The maximum absolute atomic E-state index is 13.2. The molecule has 0 aliphatic carbocycles. The zero-order valence-corrected chi connectivity index (χ0v) is 8.13. The zero-order chi connectivity index (χ0) is 10.3. The van der Waals surface area contributed by atoms with E-state index in [2.05, 4.69) is 9.97 Å². The number of nitrogens with zero attached hydrogens (tertiary/aromatic N) is 1. The lowest BCUT2D eigenvalue weighted by Gasteiger charge is -1.96. The second-order valence-corrected chi connectivity index (χ2v) is 3.48. The summed E-state index contributed by atoms with van der Waals surface area (Å²) in [4.78, 5) is 7.31. The Hall–Kier alpha value is -1.42.